The highest BCUT2D eigenvalue weighted by Gasteiger charge is 2.21. The molecule has 0 N–H and O–H groups in total. The fraction of sp³-hybridized carbons (Fsp3) is 0.375. The van der Waals surface area contributed by atoms with Gasteiger partial charge >= 0.3 is 6.01 Å². The molecule has 1 aromatic carbocycles. The number of likely N-dealkylation sites (tertiary alicyclic amines) is 1. The highest BCUT2D eigenvalue weighted by Crippen LogP contribution is 2.18. The molecule has 1 fully saturated rings. The minimum Gasteiger partial charge on any atom is -0.460 e. The van der Waals surface area contributed by atoms with E-state index in [1.807, 2.05) is 6.07 Å². The van der Waals surface area contributed by atoms with E-state index in [-0.39, 0.29) is 11.9 Å². The van der Waals surface area contributed by atoms with Gasteiger partial charge < -0.3 is 4.74 Å². The first-order valence-corrected chi connectivity index (χ1v) is 8.09. The third-order valence-electron chi connectivity index (χ3n) is 3.70. The number of aromatic nitrogens is 2. The molecule has 0 bridgehead atoms. The van der Waals surface area contributed by atoms with Crippen LogP contribution in [0.25, 0.3) is 0 Å². The zero-order valence-corrected chi connectivity index (χ0v) is 13.7. The first-order chi connectivity index (χ1) is 10.7. The fourth-order valence-corrected chi connectivity index (χ4v) is 2.79. The third kappa shape index (κ3) is 4.24. The lowest BCUT2D eigenvalue weighted by molar-refractivity contribution is 0.0891. The summed E-state index contributed by atoms with van der Waals surface area (Å²) in [7, 11) is 0. The van der Waals surface area contributed by atoms with Crippen LogP contribution < -0.4 is 4.74 Å². The molecule has 3 rings (SSSR count). The Bertz CT molecular complexity index is 615. The number of benzene rings is 1. The first-order valence-electron chi connectivity index (χ1n) is 7.30. The van der Waals surface area contributed by atoms with Gasteiger partial charge in [0.2, 0.25) is 0 Å². The van der Waals surface area contributed by atoms with Crippen LogP contribution in [0.5, 0.6) is 6.01 Å². The van der Waals surface area contributed by atoms with Crippen molar-refractivity contribution < 1.29 is 9.13 Å². The van der Waals surface area contributed by atoms with Gasteiger partial charge in [-0.05, 0) is 46.5 Å². The Kier molecular flexibility index (Phi) is 5.00. The second-order valence-electron chi connectivity index (χ2n) is 5.41. The van der Waals surface area contributed by atoms with Crippen molar-refractivity contribution in [2.75, 3.05) is 13.1 Å². The number of ether oxygens (including phenoxy) is 1. The van der Waals surface area contributed by atoms with Crippen molar-refractivity contribution >= 4 is 15.9 Å². The molecule has 1 saturated heterocycles. The summed E-state index contributed by atoms with van der Waals surface area (Å²) in [5.74, 6) is -0.178. The molecule has 0 unspecified atom stereocenters. The molecule has 22 heavy (non-hydrogen) atoms. The monoisotopic (exact) mass is 365 g/mol. The molecular weight excluding hydrogens is 349 g/mol. The Hall–Kier alpha value is -1.53. The summed E-state index contributed by atoms with van der Waals surface area (Å²) < 4.78 is 19.8. The Morgan fingerprint density at radius 1 is 1.23 bits per heavy atom. The van der Waals surface area contributed by atoms with E-state index in [2.05, 4.69) is 30.8 Å². The molecule has 1 aliphatic rings. The van der Waals surface area contributed by atoms with Crippen LogP contribution in [-0.4, -0.2) is 34.1 Å². The number of hydrogen-bond donors (Lipinski definition) is 0. The van der Waals surface area contributed by atoms with Crippen molar-refractivity contribution in [3.8, 4) is 6.01 Å². The minimum atomic E-state index is -0.178. The summed E-state index contributed by atoms with van der Waals surface area (Å²) in [6.45, 7) is 2.63. The Morgan fingerprint density at radius 3 is 2.64 bits per heavy atom. The van der Waals surface area contributed by atoms with Crippen LogP contribution in [0.3, 0.4) is 0 Å². The van der Waals surface area contributed by atoms with Crippen LogP contribution >= 0.6 is 15.9 Å². The van der Waals surface area contributed by atoms with Gasteiger partial charge in [0.25, 0.3) is 0 Å². The molecule has 116 valence electrons. The minimum absolute atomic E-state index is 0.143. The van der Waals surface area contributed by atoms with Crippen molar-refractivity contribution in [2.24, 2.45) is 0 Å². The molecule has 0 aliphatic carbocycles. The van der Waals surface area contributed by atoms with E-state index in [0.29, 0.717) is 6.01 Å². The molecule has 0 atom stereocenters. The van der Waals surface area contributed by atoms with Crippen LogP contribution in [0, 0.1) is 5.82 Å². The van der Waals surface area contributed by atoms with Crippen molar-refractivity contribution in [2.45, 2.75) is 25.5 Å². The van der Waals surface area contributed by atoms with Crippen molar-refractivity contribution in [1.29, 1.82) is 0 Å². The Labute approximate surface area is 137 Å². The molecule has 2 heterocycles. The van der Waals surface area contributed by atoms with Gasteiger partial charge in [-0.2, -0.15) is 0 Å². The quantitative estimate of drug-likeness (QED) is 0.831. The van der Waals surface area contributed by atoms with Gasteiger partial charge in [0, 0.05) is 32.0 Å². The average molecular weight is 366 g/mol. The first kappa shape index (κ1) is 15.4. The third-order valence-corrected chi connectivity index (χ3v) is 4.11. The summed E-state index contributed by atoms with van der Waals surface area (Å²) in [5, 5.41) is 0. The zero-order valence-electron chi connectivity index (χ0n) is 12.1. The summed E-state index contributed by atoms with van der Waals surface area (Å²) in [4.78, 5) is 10.6. The van der Waals surface area contributed by atoms with E-state index in [1.165, 1.54) is 6.07 Å². The number of hydrogen-bond acceptors (Lipinski definition) is 4. The zero-order chi connectivity index (χ0) is 15.4. The maximum Gasteiger partial charge on any atom is 0.316 e. The lowest BCUT2D eigenvalue weighted by Crippen LogP contribution is -2.38. The van der Waals surface area contributed by atoms with Crippen LogP contribution in [0.1, 0.15) is 18.4 Å². The van der Waals surface area contributed by atoms with Crippen LogP contribution in [0.15, 0.2) is 41.1 Å². The van der Waals surface area contributed by atoms with Crippen LogP contribution in [-0.2, 0) is 6.54 Å². The van der Waals surface area contributed by atoms with Crippen LogP contribution in [0.2, 0.25) is 0 Å². The highest BCUT2D eigenvalue weighted by atomic mass is 79.9. The number of rotatable bonds is 4. The van der Waals surface area contributed by atoms with Gasteiger partial charge in [0.1, 0.15) is 11.9 Å². The summed E-state index contributed by atoms with van der Waals surface area (Å²) >= 11 is 3.30. The molecule has 1 aliphatic heterocycles. The van der Waals surface area contributed by atoms with E-state index in [0.717, 1.165) is 42.5 Å². The number of halogens is 2. The van der Waals surface area contributed by atoms with Gasteiger partial charge in [-0.15, -0.1) is 0 Å². The molecule has 0 amide bonds. The molecular formula is C16H17BrFN3O. The SMILES string of the molecule is Fc1cccc(CN2CCC(Oc3ncc(Br)cn3)CC2)c1. The normalized spacial score (nSPS) is 16.6. The summed E-state index contributed by atoms with van der Waals surface area (Å²) in [6.07, 6.45) is 5.36. The maximum atomic E-state index is 13.2. The van der Waals surface area contributed by atoms with Gasteiger partial charge in [-0.3, -0.25) is 4.90 Å². The fourth-order valence-electron chi connectivity index (χ4n) is 2.59. The lowest BCUT2D eigenvalue weighted by Gasteiger charge is -2.31. The smallest absolute Gasteiger partial charge is 0.316 e. The summed E-state index contributed by atoms with van der Waals surface area (Å²) in [6, 6.07) is 7.21. The summed E-state index contributed by atoms with van der Waals surface area (Å²) in [5.41, 5.74) is 1.01. The molecule has 2 aromatic rings. The predicted molar refractivity (Wildman–Crippen MR) is 85.1 cm³/mol. The largest absolute Gasteiger partial charge is 0.460 e. The number of nitrogens with zero attached hydrogens (tertiary/aromatic N) is 3. The maximum absolute atomic E-state index is 13.2. The van der Waals surface area contributed by atoms with E-state index in [9.17, 15) is 4.39 Å². The van der Waals surface area contributed by atoms with Gasteiger partial charge in [0.05, 0.1) is 4.47 Å². The predicted octanol–water partition coefficient (Wildman–Crippen LogP) is 3.42. The molecule has 0 saturated carbocycles. The van der Waals surface area contributed by atoms with Gasteiger partial charge in [0.15, 0.2) is 0 Å². The van der Waals surface area contributed by atoms with E-state index in [4.69, 9.17) is 4.74 Å². The molecule has 6 heteroatoms. The topological polar surface area (TPSA) is 38.2 Å². The van der Waals surface area contributed by atoms with Crippen molar-refractivity contribution in [3.05, 3.63) is 52.5 Å². The second kappa shape index (κ2) is 7.15. The van der Waals surface area contributed by atoms with Crippen molar-refractivity contribution in [1.82, 2.24) is 14.9 Å². The number of piperidine rings is 1. The second-order valence-corrected chi connectivity index (χ2v) is 6.32. The lowest BCUT2D eigenvalue weighted by atomic mass is 10.1. The van der Waals surface area contributed by atoms with Gasteiger partial charge in [-0.1, -0.05) is 12.1 Å². The van der Waals surface area contributed by atoms with Crippen LogP contribution in [0.4, 0.5) is 4.39 Å². The highest BCUT2D eigenvalue weighted by molar-refractivity contribution is 9.10. The molecule has 1 aromatic heterocycles. The standard InChI is InChI=1S/C16H17BrFN3O/c17-13-9-19-16(20-10-13)22-15-4-6-21(7-5-15)11-12-2-1-3-14(18)8-12/h1-3,8-10,15H,4-7,11H2. The Balaban J connectivity index is 1.49. The Morgan fingerprint density at radius 2 is 1.95 bits per heavy atom. The van der Waals surface area contributed by atoms with Crippen molar-refractivity contribution in [3.63, 3.8) is 0 Å². The van der Waals surface area contributed by atoms with E-state index in [1.54, 1.807) is 24.5 Å². The van der Waals surface area contributed by atoms with Gasteiger partial charge in [-0.25, -0.2) is 14.4 Å². The molecule has 0 spiro atoms. The average Bonchev–Trinajstić information content (AvgIpc) is 2.52. The molecule has 4 nitrogen and oxygen atoms in total. The van der Waals surface area contributed by atoms with E-state index < -0.39 is 0 Å². The molecule has 0 radical (unpaired) electrons. The van der Waals surface area contributed by atoms with E-state index >= 15 is 0 Å².